The van der Waals surface area contributed by atoms with E-state index in [0.29, 0.717) is 12.2 Å². The summed E-state index contributed by atoms with van der Waals surface area (Å²) in [7, 11) is 0. The lowest BCUT2D eigenvalue weighted by atomic mass is 10.0. The zero-order chi connectivity index (χ0) is 13.8. The predicted molar refractivity (Wildman–Crippen MR) is 77.0 cm³/mol. The van der Waals surface area contributed by atoms with E-state index in [0.717, 1.165) is 41.5 Å². The van der Waals surface area contributed by atoms with E-state index < -0.39 is 0 Å². The van der Waals surface area contributed by atoms with Gasteiger partial charge in [0.1, 0.15) is 11.3 Å². The summed E-state index contributed by atoms with van der Waals surface area (Å²) in [5.41, 5.74) is 2.33. The number of hydrogen-bond acceptors (Lipinski definition) is 3. The summed E-state index contributed by atoms with van der Waals surface area (Å²) in [6, 6.07) is 5.55. The van der Waals surface area contributed by atoms with Crippen molar-refractivity contribution in [3.05, 3.63) is 39.7 Å². The number of benzene rings is 1. The van der Waals surface area contributed by atoms with Crippen LogP contribution in [0.1, 0.15) is 37.8 Å². The average molecular weight is 260 g/mol. The highest BCUT2D eigenvalue weighted by atomic mass is 16.5. The van der Waals surface area contributed by atoms with Gasteiger partial charge in [-0.3, -0.25) is 0 Å². The first kappa shape index (κ1) is 13.7. The monoisotopic (exact) mass is 260 g/mol. The Labute approximate surface area is 113 Å². The maximum absolute atomic E-state index is 11.6. The maximum atomic E-state index is 11.6. The Bertz CT molecular complexity index is 626. The molecule has 0 unspecified atom stereocenters. The van der Waals surface area contributed by atoms with Gasteiger partial charge in [-0.25, -0.2) is 4.79 Å². The molecule has 19 heavy (non-hydrogen) atoms. The van der Waals surface area contributed by atoms with Crippen molar-refractivity contribution in [2.75, 3.05) is 6.61 Å². The van der Waals surface area contributed by atoms with Gasteiger partial charge in [-0.15, -0.1) is 0 Å². The minimum atomic E-state index is -0.285. The summed E-state index contributed by atoms with van der Waals surface area (Å²) in [5.74, 6) is 0.797. The number of ether oxygens (including phenoxy) is 1. The molecule has 0 aliphatic rings. The van der Waals surface area contributed by atoms with E-state index in [1.807, 2.05) is 19.1 Å². The molecule has 3 nitrogen and oxygen atoms in total. The third kappa shape index (κ3) is 2.80. The van der Waals surface area contributed by atoms with Crippen LogP contribution in [0, 0.1) is 6.92 Å². The van der Waals surface area contributed by atoms with Crippen LogP contribution in [0.5, 0.6) is 5.75 Å². The first-order chi connectivity index (χ1) is 9.17. The zero-order valence-corrected chi connectivity index (χ0v) is 11.8. The molecule has 0 saturated carbocycles. The molecular formula is C16H20O3. The highest BCUT2D eigenvalue weighted by molar-refractivity contribution is 5.84. The lowest BCUT2D eigenvalue weighted by Crippen LogP contribution is -2.03. The Morgan fingerprint density at radius 2 is 2.00 bits per heavy atom. The SMILES string of the molecule is CCCOc1ccc2c(CCC)cc(=O)oc2c1C. The lowest BCUT2D eigenvalue weighted by molar-refractivity contribution is 0.315. The largest absolute Gasteiger partial charge is 0.493 e. The van der Waals surface area contributed by atoms with E-state index >= 15 is 0 Å². The van der Waals surface area contributed by atoms with Gasteiger partial charge in [-0.05, 0) is 37.5 Å². The zero-order valence-electron chi connectivity index (χ0n) is 11.8. The van der Waals surface area contributed by atoms with Crippen molar-refractivity contribution in [1.29, 1.82) is 0 Å². The van der Waals surface area contributed by atoms with Crippen LogP contribution in [0.3, 0.4) is 0 Å². The second-order valence-corrected chi connectivity index (χ2v) is 4.75. The molecule has 0 aliphatic heterocycles. The number of fused-ring (bicyclic) bond motifs is 1. The highest BCUT2D eigenvalue weighted by Gasteiger charge is 2.11. The summed E-state index contributed by atoms with van der Waals surface area (Å²) in [6.45, 7) is 6.78. The molecule has 1 heterocycles. The molecule has 0 atom stereocenters. The van der Waals surface area contributed by atoms with Crippen molar-refractivity contribution in [3.8, 4) is 5.75 Å². The molecule has 0 N–H and O–H groups in total. The van der Waals surface area contributed by atoms with Crippen molar-refractivity contribution in [2.24, 2.45) is 0 Å². The highest BCUT2D eigenvalue weighted by Crippen LogP contribution is 2.28. The van der Waals surface area contributed by atoms with E-state index in [1.165, 1.54) is 0 Å². The van der Waals surface area contributed by atoms with Crippen LogP contribution in [0.4, 0.5) is 0 Å². The minimum Gasteiger partial charge on any atom is -0.493 e. The van der Waals surface area contributed by atoms with Gasteiger partial charge in [0.05, 0.1) is 6.61 Å². The normalized spacial score (nSPS) is 10.9. The first-order valence-electron chi connectivity index (χ1n) is 6.86. The molecule has 2 aromatic rings. The Morgan fingerprint density at radius 3 is 2.68 bits per heavy atom. The van der Waals surface area contributed by atoms with Crippen LogP contribution in [0.25, 0.3) is 11.0 Å². The van der Waals surface area contributed by atoms with E-state index in [-0.39, 0.29) is 5.63 Å². The fourth-order valence-electron chi connectivity index (χ4n) is 2.25. The van der Waals surface area contributed by atoms with Crippen LogP contribution in [-0.4, -0.2) is 6.61 Å². The Hall–Kier alpha value is -1.77. The van der Waals surface area contributed by atoms with Crippen molar-refractivity contribution in [3.63, 3.8) is 0 Å². The second-order valence-electron chi connectivity index (χ2n) is 4.75. The fourth-order valence-corrected chi connectivity index (χ4v) is 2.25. The van der Waals surface area contributed by atoms with Gasteiger partial charge in [0.15, 0.2) is 0 Å². The van der Waals surface area contributed by atoms with Gasteiger partial charge < -0.3 is 9.15 Å². The topological polar surface area (TPSA) is 39.4 Å². The number of aryl methyl sites for hydroxylation is 2. The van der Waals surface area contributed by atoms with Crippen molar-refractivity contribution in [2.45, 2.75) is 40.0 Å². The molecule has 3 heteroatoms. The molecule has 2 rings (SSSR count). The fraction of sp³-hybridized carbons (Fsp3) is 0.438. The summed E-state index contributed by atoms with van der Waals surface area (Å²) >= 11 is 0. The Morgan fingerprint density at radius 1 is 1.21 bits per heavy atom. The third-order valence-corrected chi connectivity index (χ3v) is 3.18. The summed E-state index contributed by atoms with van der Waals surface area (Å²) < 4.78 is 11.0. The third-order valence-electron chi connectivity index (χ3n) is 3.18. The summed E-state index contributed by atoms with van der Waals surface area (Å²) in [6.07, 6.45) is 2.85. The lowest BCUT2D eigenvalue weighted by Gasteiger charge is -2.11. The number of hydrogen-bond donors (Lipinski definition) is 0. The van der Waals surface area contributed by atoms with Crippen molar-refractivity contribution >= 4 is 11.0 Å². The van der Waals surface area contributed by atoms with Gasteiger partial charge in [0.2, 0.25) is 0 Å². The van der Waals surface area contributed by atoms with E-state index in [9.17, 15) is 4.79 Å². The standard InChI is InChI=1S/C16H20O3/c1-4-6-12-10-15(17)19-16-11(3)14(18-9-5-2)8-7-13(12)16/h7-8,10H,4-6,9H2,1-3H3. The molecule has 1 aromatic heterocycles. The molecule has 0 aliphatic carbocycles. The quantitative estimate of drug-likeness (QED) is 0.767. The van der Waals surface area contributed by atoms with Gasteiger partial charge in [0.25, 0.3) is 0 Å². The molecule has 0 fully saturated rings. The Balaban J connectivity index is 2.58. The molecule has 0 saturated heterocycles. The summed E-state index contributed by atoms with van der Waals surface area (Å²) in [5, 5.41) is 1.02. The van der Waals surface area contributed by atoms with Crippen LogP contribution in [0.2, 0.25) is 0 Å². The molecular weight excluding hydrogens is 240 g/mol. The smallest absolute Gasteiger partial charge is 0.336 e. The van der Waals surface area contributed by atoms with E-state index in [2.05, 4.69) is 13.8 Å². The van der Waals surface area contributed by atoms with Gasteiger partial charge in [-0.1, -0.05) is 20.3 Å². The summed E-state index contributed by atoms with van der Waals surface area (Å²) in [4.78, 5) is 11.6. The molecule has 0 radical (unpaired) electrons. The number of rotatable bonds is 5. The van der Waals surface area contributed by atoms with E-state index in [1.54, 1.807) is 6.07 Å². The van der Waals surface area contributed by atoms with Gasteiger partial charge in [0, 0.05) is 17.0 Å². The van der Waals surface area contributed by atoms with E-state index in [4.69, 9.17) is 9.15 Å². The molecule has 0 bridgehead atoms. The van der Waals surface area contributed by atoms with Crippen molar-refractivity contribution < 1.29 is 9.15 Å². The second kappa shape index (κ2) is 5.91. The first-order valence-corrected chi connectivity index (χ1v) is 6.86. The van der Waals surface area contributed by atoms with Gasteiger partial charge >= 0.3 is 5.63 Å². The predicted octanol–water partition coefficient (Wildman–Crippen LogP) is 3.84. The average Bonchev–Trinajstić information content (AvgIpc) is 2.39. The molecule has 102 valence electrons. The van der Waals surface area contributed by atoms with Gasteiger partial charge in [-0.2, -0.15) is 0 Å². The maximum Gasteiger partial charge on any atom is 0.336 e. The van der Waals surface area contributed by atoms with Crippen LogP contribution in [0.15, 0.2) is 27.4 Å². The molecule has 0 amide bonds. The Kier molecular flexibility index (Phi) is 4.25. The molecule has 0 spiro atoms. The minimum absolute atomic E-state index is 0.285. The van der Waals surface area contributed by atoms with Crippen LogP contribution in [-0.2, 0) is 6.42 Å². The van der Waals surface area contributed by atoms with Crippen molar-refractivity contribution in [1.82, 2.24) is 0 Å². The van der Waals surface area contributed by atoms with Crippen LogP contribution < -0.4 is 10.4 Å². The molecule has 1 aromatic carbocycles. The van der Waals surface area contributed by atoms with Crippen LogP contribution >= 0.6 is 0 Å².